The number of nitrogens with one attached hydrogen (secondary N) is 1. The minimum Gasteiger partial charge on any atom is -0.497 e. The zero-order chi connectivity index (χ0) is 29.4. The molecule has 1 heterocycles. The van der Waals surface area contributed by atoms with E-state index in [2.05, 4.69) is 53.6 Å². The van der Waals surface area contributed by atoms with E-state index in [0.717, 1.165) is 17.0 Å². The summed E-state index contributed by atoms with van der Waals surface area (Å²) < 4.78 is 12.5. The van der Waals surface area contributed by atoms with Gasteiger partial charge < -0.3 is 14.6 Å². The van der Waals surface area contributed by atoms with E-state index in [1.807, 2.05) is 41.0 Å². The zero-order valence-corrected chi connectivity index (χ0v) is 24.0. The van der Waals surface area contributed by atoms with Crippen LogP contribution >= 0.6 is 11.8 Å². The van der Waals surface area contributed by atoms with Crippen molar-refractivity contribution in [1.29, 1.82) is 0 Å². The fourth-order valence-corrected chi connectivity index (χ4v) is 4.57. The molecule has 0 unspecified atom stereocenters. The highest BCUT2D eigenvalue weighted by Crippen LogP contribution is 2.30. The zero-order valence-electron chi connectivity index (χ0n) is 23.2. The first-order chi connectivity index (χ1) is 19.7. The van der Waals surface area contributed by atoms with Crippen molar-refractivity contribution in [2.75, 3.05) is 19.5 Å². The maximum atomic E-state index is 12.6. The molecule has 3 aromatic carbocycles. The van der Waals surface area contributed by atoms with E-state index in [-0.39, 0.29) is 17.1 Å². The molecular weight excluding hydrogens is 542 g/mol. The lowest BCUT2D eigenvalue weighted by Gasteiger charge is -2.19. The van der Waals surface area contributed by atoms with Crippen molar-refractivity contribution in [3.63, 3.8) is 0 Å². The third-order valence-corrected chi connectivity index (χ3v) is 6.90. The van der Waals surface area contributed by atoms with Crippen molar-refractivity contribution in [1.82, 2.24) is 20.2 Å². The molecular formula is C30H31N5O5S. The lowest BCUT2D eigenvalue weighted by molar-refractivity contribution is -0.139. The Hall–Kier alpha value is -4.64. The summed E-state index contributed by atoms with van der Waals surface area (Å²) in [5.74, 6) is 0.308. The molecule has 0 saturated heterocycles. The number of aliphatic carboxylic acids is 1. The number of para-hydroxylation sites is 1. The molecule has 4 aromatic rings. The summed E-state index contributed by atoms with van der Waals surface area (Å²) >= 11 is 1.23. The molecule has 41 heavy (non-hydrogen) atoms. The summed E-state index contributed by atoms with van der Waals surface area (Å²) in [6.45, 7) is 6.01. The average molecular weight is 574 g/mol. The van der Waals surface area contributed by atoms with E-state index in [1.54, 1.807) is 31.4 Å². The molecule has 0 aliphatic heterocycles. The molecule has 212 valence electrons. The van der Waals surface area contributed by atoms with Crippen LogP contribution in [-0.4, -0.2) is 57.4 Å². The van der Waals surface area contributed by atoms with Crippen molar-refractivity contribution >= 4 is 29.9 Å². The second-order valence-corrected chi connectivity index (χ2v) is 10.9. The number of carboxylic acid groups (broad SMARTS) is 1. The molecule has 1 amide bonds. The molecule has 0 bridgehead atoms. The Kier molecular flexibility index (Phi) is 9.41. The first-order valence-electron chi connectivity index (χ1n) is 12.7. The SMILES string of the molecule is COc1ccc(-n2c(SCC(=O)N/N=C\c3ccccc3OCC(=O)O)nnc2-c2ccc(C(C)(C)C)cc2)cc1. The van der Waals surface area contributed by atoms with E-state index in [9.17, 15) is 9.59 Å². The number of aromatic nitrogens is 3. The van der Waals surface area contributed by atoms with Crippen molar-refractivity contribution in [2.45, 2.75) is 31.3 Å². The van der Waals surface area contributed by atoms with Crippen LogP contribution in [0.15, 0.2) is 83.1 Å². The Morgan fingerprint density at radius 1 is 1.02 bits per heavy atom. The summed E-state index contributed by atoms with van der Waals surface area (Å²) in [6, 6.07) is 22.6. The Labute approximate surface area is 242 Å². The molecule has 0 atom stereocenters. The lowest BCUT2D eigenvalue weighted by atomic mass is 9.87. The van der Waals surface area contributed by atoms with Gasteiger partial charge in [-0.1, -0.05) is 68.9 Å². The predicted molar refractivity (Wildman–Crippen MR) is 158 cm³/mol. The molecule has 2 N–H and O–H groups in total. The Bertz CT molecular complexity index is 1530. The highest BCUT2D eigenvalue weighted by molar-refractivity contribution is 7.99. The monoisotopic (exact) mass is 573 g/mol. The van der Waals surface area contributed by atoms with Gasteiger partial charge in [-0.15, -0.1) is 10.2 Å². The predicted octanol–water partition coefficient (Wildman–Crippen LogP) is 4.95. The fraction of sp³-hybridized carbons (Fsp3) is 0.233. The summed E-state index contributed by atoms with van der Waals surface area (Å²) in [4.78, 5) is 23.4. The second-order valence-electron chi connectivity index (χ2n) is 9.97. The minimum atomic E-state index is -1.09. The maximum Gasteiger partial charge on any atom is 0.341 e. The normalized spacial score (nSPS) is 11.4. The summed E-state index contributed by atoms with van der Waals surface area (Å²) in [5, 5.41) is 22.2. The van der Waals surface area contributed by atoms with Crippen LogP contribution in [0, 0.1) is 0 Å². The first-order valence-corrected chi connectivity index (χ1v) is 13.7. The number of carbonyl (C=O) groups excluding carboxylic acids is 1. The van der Waals surface area contributed by atoms with E-state index in [1.165, 1.54) is 23.5 Å². The van der Waals surface area contributed by atoms with Gasteiger partial charge in [0, 0.05) is 16.8 Å². The summed E-state index contributed by atoms with van der Waals surface area (Å²) in [6.07, 6.45) is 1.40. The van der Waals surface area contributed by atoms with Gasteiger partial charge >= 0.3 is 5.97 Å². The number of thioether (sulfide) groups is 1. The van der Waals surface area contributed by atoms with Gasteiger partial charge in [-0.05, 0) is 47.4 Å². The van der Waals surface area contributed by atoms with Gasteiger partial charge in [0.15, 0.2) is 17.6 Å². The van der Waals surface area contributed by atoms with Crippen LogP contribution in [0.25, 0.3) is 17.1 Å². The Morgan fingerprint density at radius 3 is 2.39 bits per heavy atom. The second kappa shape index (κ2) is 13.1. The molecule has 11 heteroatoms. The molecule has 0 saturated carbocycles. The fourth-order valence-electron chi connectivity index (χ4n) is 3.83. The molecule has 0 spiro atoms. The first kappa shape index (κ1) is 29.3. The van der Waals surface area contributed by atoms with Gasteiger partial charge in [-0.25, -0.2) is 10.2 Å². The molecule has 10 nitrogen and oxygen atoms in total. The van der Waals surface area contributed by atoms with Gasteiger partial charge in [-0.3, -0.25) is 9.36 Å². The van der Waals surface area contributed by atoms with Crippen molar-refractivity contribution in [2.24, 2.45) is 5.10 Å². The van der Waals surface area contributed by atoms with E-state index in [4.69, 9.17) is 14.6 Å². The van der Waals surface area contributed by atoms with Crippen molar-refractivity contribution < 1.29 is 24.2 Å². The summed E-state index contributed by atoms with van der Waals surface area (Å²) in [7, 11) is 1.61. The lowest BCUT2D eigenvalue weighted by Crippen LogP contribution is -2.20. The number of nitrogens with zero attached hydrogens (tertiary/aromatic N) is 4. The van der Waals surface area contributed by atoms with Crippen LogP contribution in [-0.2, 0) is 15.0 Å². The van der Waals surface area contributed by atoms with E-state index in [0.29, 0.717) is 22.3 Å². The standard InChI is InChI=1S/C30H31N5O5S/c1-30(2,3)22-11-9-20(10-12-22)28-33-34-29(35(28)23-13-15-24(39-4)16-14-23)41-19-26(36)32-31-17-21-7-5-6-8-25(21)40-18-27(37)38/h5-17H,18-19H2,1-4H3,(H,32,36)(H,37,38)/b31-17-. The van der Waals surface area contributed by atoms with Gasteiger partial charge in [0.05, 0.1) is 19.1 Å². The number of ether oxygens (including phenoxy) is 2. The number of hydrogen-bond acceptors (Lipinski definition) is 8. The molecule has 1 aromatic heterocycles. The van der Waals surface area contributed by atoms with Gasteiger partial charge in [0.1, 0.15) is 11.5 Å². The maximum absolute atomic E-state index is 12.6. The molecule has 0 aliphatic carbocycles. The van der Waals surface area contributed by atoms with E-state index >= 15 is 0 Å². The highest BCUT2D eigenvalue weighted by Gasteiger charge is 2.19. The summed E-state index contributed by atoms with van der Waals surface area (Å²) in [5.41, 5.74) is 5.97. The third-order valence-electron chi connectivity index (χ3n) is 5.97. The van der Waals surface area contributed by atoms with Crippen LogP contribution in [0.3, 0.4) is 0 Å². The third kappa shape index (κ3) is 7.73. The Balaban J connectivity index is 1.51. The molecule has 0 radical (unpaired) electrons. The van der Waals surface area contributed by atoms with Crippen LogP contribution in [0.1, 0.15) is 31.9 Å². The molecule has 0 aliphatic rings. The number of carboxylic acids is 1. The number of hydrogen-bond donors (Lipinski definition) is 2. The molecule has 4 rings (SSSR count). The molecule has 0 fully saturated rings. The highest BCUT2D eigenvalue weighted by atomic mass is 32.2. The van der Waals surface area contributed by atoms with Gasteiger partial charge in [0.2, 0.25) is 0 Å². The number of carbonyl (C=O) groups is 2. The largest absolute Gasteiger partial charge is 0.497 e. The van der Waals surface area contributed by atoms with Crippen LogP contribution in [0.5, 0.6) is 11.5 Å². The van der Waals surface area contributed by atoms with Crippen LogP contribution in [0.2, 0.25) is 0 Å². The number of amides is 1. The van der Waals surface area contributed by atoms with E-state index < -0.39 is 12.6 Å². The number of benzene rings is 3. The topological polar surface area (TPSA) is 128 Å². The van der Waals surface area contributed by atoms with Gasteiger partial charge in [0.25, 0.3) is 5.91 Å². The minimum absolute atomic E-state index is 0.0205. The number of rotatable bonds is 11. The van der Waals surface area contributed by atoms with Crippen LogP contribution < -0.4 is 14.9 Å². The smallest absolute Gasteiger partial charge is 0.341 e. The average Bonchev–Trinajstić information content (AvgIpc) is 3.39. The number of methoxy groups -OCH3 is 1. The van der Waals surface area contributed by atoms with Crippen molar-refractivity contribution in [3.05, 3.63) is 83.9 Å². The van der Waals surface area contributed by atoms with Gasteiger partial charge in [-0.2, -0.15) is 5.10 Å². The quantitative estimate of drug-likeness (QED) is 0.147. The van der Waals surface area contributed by atoms with Crippen LogP contribution in [0.4, 0.5) is 0 Å². The van der Waals surface area contributed by atoms with Crippen molar-refractivity contribution in [3.8, 4) is 28.6 Å². The number of hydrazone groups is 1. The Morgan fingerprint density at radius 2 is 1.73 bits per heavy atom.